The van der Waals surface area contributed by atoms with Crippen LogP contribution in [0.2, 0.25) is 0 Å². The van der Waals surface area contributed by atoms with Gasteiger partial charge < -0.3 is 19.3 Å². The summed E-state index contributed by atoms with van der Waals surface area (Å²) in [5.41, 5.74) is -0.102. The van der Waals surface area contributed by atoms with Gasteiger partial charge in [0.25, 0.3) is 5.91 Å². The number of nitrogens with one attached hydrogen (secondary N) is 1. The SMILES string of the molecule is C[C@@H]1[C@@H](C)CCC[C@@](O)(CN2CCn3ccnc3C2)[C@@H]2CC[C@H]2CN2CCCCC3C=C(Cl)C=CC3(C)COc3ccc(cc32)C(=O)NS1(=O)=O. The zero-order valence-electron chi connectivity index (χ0n) is 30.3. The Morgan fingerprint density at radius 3 is 2.75 bits per heavy atom. The van der Waals surface area contributed by atoms with Crippen molar-refractivity contribution in [1.29, 1.82) is 0 Å². The smallest absolute Gasteiger partial charge is 0.264 e. The van der Waals surface area contributed by atoms with E-state index in [9.17, 15) is 18.3 Å². The van der Waals surface area contributed by atoms with Gasteiger partial charge in [0.1, 0.15) is 11.6 Å². The van der Waals surface area contributed by atoms with E-state index >= 15 is 0 Å². The van der Waals surface area contributed by atoms with E-state index in [-0.39, 0.29) is 34.7 Å². The summed E-state index contributed by atoms with van der Waals surface area (Å²) in [5, 5.41) is 12.7. The largest absolute Gasteiger partial charge is 0.490 e. The highest BCUT2D eigenvalue weighted by Gasteiger charge is 2.48. The molecule has 7 rings (SSSR count). The fraction of sp³-hybridized carbons (Fsp3) is 0.641. The van der Waals surface area contributed by atoms with Crippen LogP contribution in [0, 0.1) is 29.1 Å². The van der Waals surface area contributed by atoms with E-state index in [1.807, 2.05) is 31.5 Å². The highest BCUT2D eigenvalue weighted by atomic mass is 35.5. The Morgan fingerprint density at radius 1 is 1.10 bits per heavy atom. The van der Waals surface area contributed by atoms with Gasteiger partial charge in [-0.05, 0) is 93.4 Å². The summed E-state index contributed by atoms with van der Waals surface area (Å²) >= 11 is 6.47. The van der Waals surface area contributed by atoms with Crippen molar-refractivity contribution in [2.45, 2.75) is 96.1 Å². The van der Waals surface area contributed by atoms with Crippen molar-refractivity contribution < 1.29 is 23.1 Å². The summed E-state index contributed by atoms with van der Waals surface area (Å²) in [6, 6.07) is 5.29. The lowest BCUT2D eigenvalue weighted by Gasteiger charge is -2.51. The first kappa shape index (κ1) is 36.5. The number of anilines is 1. The highest BCUT2D eigenvalue weighted by Crippen LogP contribution is 2.47. The molecule has 2 unspecified atom stereocenters. The number of aliphatic hydroxyl groups is 1. The number of β-amino-alcohol motifs (C(OH)–C–C–N with tert-alkyl or cyclic N) is 1. The van der Waals surface area contributed by atoms with E-state index in [2.05, 4.69) is 43.1 Å². The number of sulfonamides is 1. The number of imidazole rings is 1. The molecule has 2 aromatic rings. The van der Waals surface area contributed by atoms with Crippen molar-refractivity contribution in [3.05, 3.63) is 65.2 Å². The molecule has 0 radical (unpaired) electrons. The first-order valence-electron chi connectivity index (χ1n) is 18.9. The first-order valence-corrected chi connectivity index (χ1v) is 20.8. The number of carbonyl (C=O) groups excluding carboxylic acids is 1. The molecule has 12 heteroatoms. The van der Waals surface area contributed by atoms with Crippen LogP contribution in [-0.4, -0.2) is 77.5 Å². The average molecular weight is 740 g/mol. The molecule has 1 aromatic heterocycles. The van der Waals surface area contributed by atoms with Gasteiger partial charge in [-0.1, -0.05) is 50.4 Å². The lowest BCUT2D eigenvalue weighted by Crippen LogP contribution is -2.56. The summed E-state index contributed by atoms with van der Waals surface area (Å²) in [6.07, 6.45) is 16.9. The standard InChI is InChI=1S/C39H54ClN5O5S/c1-27-7-6-14-39(47,25-43-19-20-44-18-16-41-36(44)24-43)33-11-9-30(33)23-45-17-5-4-8-31-22-32(40)13-15-38(31,3)26-50-35-12-10-29(21-34(35)45)37(46)42-51(48,49)28(27)2/h10,12-13,15-16,18,21-22,27-28,30-31,33,47H,4-9,11,14,17,19-20,23-26H2,1-3H3,(H,42,46)/t27-,28+,30-,31?,33+,38?,39+/m0/s1. The molecule has 10 nitrogen and oxygen atoms in total. The maximum absolute atomic E-state index is 13.6. The lowest BCUT2D eigenvalue weighted by atomic mass is 9.62. The van der Waals surface area contributed by atoms with Gasteiger partial charge in [-0.3, -0.25) is 9.69 Å². The average Bonchev–Trinajstić information content (AvgIpc) is 3.54. The monoisotopic (exact) mass is 739 g/mol. The second-order valence-electron chi connectivity index (χ2n) is 16.3. The second kappa shape index (κ2) is 14.5. The summed E-state index contributed by atoms with van der Waals surface area (Å²) in [6.45, 7) is 10.7. The van der Waals surface area contributed by atoms with Crippen molar-refractivity contribution in [1.82, 2.24) is 19.2 Å². The van der Waals surface area contributed by atoms with E-state index in [0.717, 1.165) is 74.8 Å². The van der Waals surface area contributed by atoms with Gasteiger partial charge in [0.15, 0.2) is 0 Å². The molecule has 1 fully saturated rings. The topological polar surface area (TPSA) is 117 Å². The molecule has 1 aromatic carbocycles. The number of hydrogen-bond donors (Lipinski definition) is 2. The summed E-state index contributed by atoms with van der Waals surface area (Å²) < 4.78 is 38.3. The van der Waals surface area contributed by atoms with Crippen molar-refractivity contribution in [2.24, 2.45) is 29.1 Å². The Balaban J connectivity index is 1.24. The van der Waals surface area contributed by atoms with Gasteiger partial charge in [0.2, 0.25) is 10.0 Å². The molecule has 2 N–H and O–H groups in total. The summed E-state index contributed by atoms with van der Waals surface area (Å²) in [5.74, 6) is 1.45. The molecule has 0 saturated heterocycles. The number of amides is 1. The third-order valence-corrected chi connectivity index (χ3v) is 15.0. The predicted octanol–water partition coefficient (Wildman–Crippen LogP) is 6.11. The molecule has 0 spiro atoms. The zero-order valence-corrected chi connectivity index (χ0v) is 31.8. The van der Waals surface area contributed by atoms with Gasteiger partial charge in [-0.2, -0.15) is 0 Å². The van der Waals surface area contributed by atoms with Crippen LogP contribution in [-0.2, 0) is 23.1 Å². The molecule has 2 aliphatic carbocycles. The molecular weight excluding hydrogens is 686 g/mol. The Bertz CT molecular complexity index is 1780. The van der Waals surface area contributed by atoms with Crippen molar-refractivity contribution in [3.8, 4) is 5.75 Å². The first-order chi connectivity index (χ1) is 24.3. The van der Waals surface area contributed by atoms with Crippen LogP contribution in [0.15, 0.2) is 53.9 Å². The number of hydrogen-bond acceptors (Lipinski definition) is 8. The Kier molecular flexibility index (Phi) is 10.4. The Hall–Kier alpha value is -2.86. The minimum absolute atomic E-state index is 0.0942. The van der Waals surface area contributed by atoms with Crippen LogP contribution < -0.4 is 14.4 Å². The van der Waals surface area contributed by atoms with Gasteiger partial charge >= 0.3 is 0 Å². The number of halogens is 1. The van der Waals surface area contributed by atoms with Crippen LogP contribution in [0.1, 0.15) is 88.3 Å². The maximum atomic E-state index is 13.6. The Morgan fingerprint density at radius 2 is 1.94 bits per heavy atom. The molecule has 1 saturated carbocycles. The molecule has 1 amide bonds. The molecule has 2 bridgehead atoms. The number of allylic oxidation sites excluding steroid dienone is 3. The fourth-order valence-corrected chi connectivity index (χ4v) is 10.6. The molecule has 3 aliphatic heterocycles. The normalized spacial score (nSPS) is 34.7. The minimum Gasteiger partial charge on any atom is -0.490 e. The van der Waals surface area contributed by atoms with Crippen molar-refractivity contribution in [2.75, 3.05) is 37.7 Å². The third-order valence-electron chi connectivity index (χ3n) is 12.8. The van der Waals surface area contributed by atoms with Gasteiger partial charge in [0, 0.05) is 61.1 Å². The second-order valence-corrected chi connectivity index (χ2v) is 18.7. The number of benzene rings is 1. The molecular formula is C39H54ClN5O5S. The van der Waals surface area contributed by atoms with Crippen molar-refractivity contribution >= 4 is 33.2 Å². The number of carbonyl (C=O) groups is 1. The molecule has 278 valence electrons. The van der Waals surface area contributed by atoms with E-state index in [4.69, 9.17) is 16.3 Å². The number of fused-ring (bicyclic) bond motifs is 4. The zero-order chi connectivity index (χ0) is 36.0. The molecule has 7 atom stereocenters. The fourth-order valence-electron chi connectivity index (χ4n) is 9.10. The summed E-state index contributed by atoms with van der Waals surface area (Å²) in [7, 11) is -3.96. The van der Waals surface area contributed by atoms with Gasteiger partial charge in [-0.15, -0.1) is 0 Å². The van der Waals surface area contributed by atoms with Crippen LogP contribution in [0.4, 0.5) is 5.69 Å². The minimum atomic E-state index is -3.96. The lowest BCUT2D eigenvalue weighted by molar-refractivity contribution is -0.108. The van der Waals surface area contributed by atoms with Crippen LogP contribution in [0.3, 0.4) is 0 Å². The molecule has 4 heterocycles. The number of aromatic nitrogens is 2. The van der Waals surface area contributed by atoms with E-state index < -0.39 is 26.8 Å². The number of ether oxygens (including phenoxy) is 1. The number of rotatable bonds is 2. The molecule has 51 heavy (non-hydrogen) atoms. The summed E-state index contributed by atoms with van der Waals surface area (Å²) in [4.78, 5) is 22.9. The van der Waals surface area contributed by atoms with Crippen LogP contribution in [0.5, 0.6) is 5.75 Å². The van der Waals surface area contributed by atoms with E-state index in [0.29, 0.717) is 44.7 Å². The Labute approximate surface area is 308 Å². The predicted molar refractivity (Wildman–Crippen MR) is 200 cm³/mol. The molecule has 5 aliphatic rings. The van der Waals surface area contributed by atoms with Gasteiger partial charge in [-0.25, -0.2) is 18.1 Å². The highest BCUT2D eigenvalue weighted by molar-refractivity contribution is 7.90. The van der Waals surface area contributed by atoms with Gasteiger partial charge in [0.05, 0.1) is 29.7 Å². The number of nitrogens with zero attached hydrogens (tertiary/aromatic N) is 4. The van der Waals surface area contributed by atoms with Crippen LogP contribution >= 0.6 is 11.6 Å². The van der Waals surface area contributed by atoms with Crippen LogP contribution in [0.25, 0.3) is 0 Å². The van der Waals surface area contributed by atoms with E-state index in [1.54, 1.807) is 19.1 Å². The quantitative estimate of drug-likeness (QED) is 0.379. The maximum Gasteiger partial charge on any atom is 0.264 e. The van der Waals surface area contributed by atoms with E-state index in [1.165, 1.54) is 0 Å². The van der Waals surface area contributed by atoms with Crippen molar-refractivity contribution in [3.63, 3.8) is 0 Å². The third kappa shape index (κ3) is 7.64.